The maximum absolute atomic E-state index is 16.5. The fourth-order valence-electron chi connectivity index (χ4n) is 7.83. The third kappa shape index (κ3) is 6.68. The quantitative estimate of drug-likeness (QED) is 0.130. The number of alkyl halides is 2. The fourth-order valence-corrected chi connectivity index (χ4v) is 9.88. The highest BCUT2D eigenvalue weighted by Gasteiger charge is 2.59. The normalized spacial score (nSPS) is 24.8. The molecule has 9 nitrogen and oxygen atoms in total. The minimum absolute atomic E-state index is 0.0456. The lowest BCUT2D eigenvalue weighted by molar-refractivity contribution is -0.0507. The summed E-state index contributed by atoms with van der Waals surface area (Å²) in [6, 6.07) is 10.7. The average molecular weight is 768 g/mol. The first kappa shape index (κ1) is 37.9. The summed E-state index contributed by atoms with van der Waals surface area (Å²) in [5, 5.41) is 3.05. The number of fused-ring (bicyclic) bond motifs is 9. The third-order valence-electron chi connectivity index (χ3n) is 11.5. The van der Waals surface area contributed by atoms with Gasteiger partial charge in [0.05, 0.1) is 23.1 Å². The van der Waals surface area contributed by atoms with Gasteiger partial charge in [-0.25, -0.2) is 9.37 Å². The van der Waals surface area contributed by atoms with Crippen molar-refractivity contribution in [1.82, 2.24) is 24.6 Å². The van der Waals surface area contributed by atoms with E-state index in [1.165, 1.54) is 18.2 Å². The van der Waals surface area contributed by atoms with Gasteiger partial charge in [-0.1, -0.05) is 39.8 Å². The van der Waals surface area contributed by atoms with E-state index in [-0.39, 0.29) is 33.4 Å². The van der Waals surface area contributed by atoms with Crippen molar-refractivity contribution in [2.75, 3.05) is 6.61 Å². The van der Waals surface area contributed by atoms with Crippen molar-refractivity contribution in [2.45, 2.75) is 115 Å². The largest absolute Gasteiger partial charge is 0.598 e. The van der Waals surface area contributed by atoms with Gasteiger partial charge in [0.15, 0.2) is 8.32 Å². The Morgan fingerprint density at radius 2 is 1.83 bits per heavy atom. The number of carbonyl (C=O) groups excluding carboxylic acids is 1. The Bertz CT molecular complexity index is 2090. The molecule has 1 amide bonds. The molecule has 1 saturated carbocycles. The highest BCUT2D eigenvalue weighted by molar-refractivity contribution is 7.90. The Kier molecular flexibility index (Phi) is 9.16. The zero-order valence-electron chi connectivity index (χ0n) is 31.7. The predicted molar refractivity (Wildman–Crippen MR) is 202 cm³/mol. The van der Waals surface area contributed by atoms with E-state index in [4.69, 9.17) is 19.1 Å². The van der Waals surface area contributed by atoms with Gasteiger partial charge in [0.25, 0.3) is 5.91 Å². The van der Waals surface area contributed by atoms with Crippen molar-refractivity contribution in [3.63, 3.8) is 0 Å². The molecule has 1 aliphatic carbocycles. The number of imidazole rings is 1. The molecule has 0 radical (unpaired) electrons. The molecule has 0 spiro atoms. The number of benzene rings is 2. The predicted octanol–water partition coefficient (Wildman–Crippen LogP) is 8.69. The van der Waals surface area contributed by atoms with Crippen LogP contribution in [0, 0.1) is 11.2 Å². The minimum Gasteiger partial charge on any atom is -0.598 e. The van der Waals surface area contributed by atoms with Crippen LogP contribution in [0.5, 0.6) is 5.75 Å². The number of halogens is 3. The summed E-state index contributed by atoms with van der Waals surface area (Å²) < 4.78 is 73.1. The molecule has 2 bridgehead atoms. The van der Waals surface area contributed by atoms with Crippen LogP contribution in [0.4, 0.5) is 13.2 Å². The molecular weight excluding hydrogens is 720 g/mol. The van der Waals surface area contributed by atoms with Gasteiger partial charge in [0.1, 0.15) is 33.4 Å². The van der Waals surface area contributed by atoms with E-state index in [2.05, 4.69) is 50.8 Å². The van der Waals surface area contributed by atoms with Gasteiger partial charge in [-0.3, -0.25) is 9.78 Å². The van der Waals surface area contributed by atoms with Crippen LogP contribution in [0.3, 0.4) is 0 Å². The summed E-state index contributed by atoms with van der Waals surface area (Å²) in [7, 11) is -2.03. The standard InChI is InChI=1S/C39H48F3N5O4SSi/c1-36(2,3)52(49)46-39(19-38(7,20-39)21-50-53(8,9)37(4,5)6)32-25(40)15-23(18-43-32)22-13-14-26-28(16-22)47-29-17-27(33(47)44-26)45-34(48)24-11-10-12-30(31(24)29)51-35(41)42/h10-16,18,27,29,35,46H,17,19-21H2,1-9H3,(H,45,48)/t27-,29+,38?,39?,52?/m0/s1. The lowest BCUT2D eigenvalue weighted by atomic mass is 9.57. The molecular formula is C39H48F3N5O4SSi. The zero-order chi connectivity index (χ0) is 38.5. The number of nitrogens with one attached hydrogen (secondary N) is 2. The molecule has 4 heterocycles. The van der Waals surface area contributed by atoms with E-state index < -0.39 is 54.5 Å². The number of pyridine rings is 1. The summed E-state index contributed by atoms with van der Waals surface area (Å²) >= 11 is -1.49. The molecule has 3 aliphatic rings. The van der Waals surface area contributed by atoms with Crippen molar-refractivity contribution >= 4 is 36.6 Å². The van der Waals surface area contributed by atoms with Crippen molar-refractivity contribution in [3.05, 3.63) is 77.1 Å². The van der Waals surface area contributed by atoms with Crippen molar-refractivity contribution in [1.29, 1.82) is 0 Å². The van der Waals surface area contributed by atoms with Gasteiger partial charge in [-0.15, -0.1) is 4.72 Å². The van der Waals surface area contributed by atoms with Crippen LogP contribution >= 0.6 is 0 Å². The number of hydrogen-bond acceptors (Lipinski definition) is 7. The molecule has 1 unspecified atom stereocenters. The molecule has 2 N–H and O–H groups in total. The molecule has 2 aromatic carbocycles. The number of ether oxygens (including phenoxy) is 1. The molecule has 7 rings (SSSR count). The Morgan fingerprint density at radius 1 is 1.11 bits per heavy atom. The number of nitrogens with zero attached hydrogens (tertiary/aromatic N) is 3. The van der Waals surface area contributed by atoms with Crippen molar-refractivity contribution in [2.24, 2.45) is 5.41 Å². The fraction of sp³-hybridized carbons (Fsp3) is 0.513. The number of rotatable bonds is 9. The SMILES string of the molecule is CC1(CO[Si](C)(C)C(C)(C)C)CC(N[S+]([O-])C(C)(C)C)(c2ncc(-c3ccc4nc5n(c4c3)[C@@H]3C[C@@H]5NC(=O)c4cccc(OC(F)F)c43)cc2F)C1. The van der Waals surface area contributed by atoms with Crippen LogP contribution in [0.25, 0.3) is 22.2 Å². The molecule has 1 fully saturated rings. The number of amides is 1. The Labute approximate surface area is 312 Å². The van der Waals surface area contributed by atoms with Crippen molar-refractivity contribution < 1.29 is 31.7 Å². The highest BCUT2D eigenvalue weighted by atomic mass is 32.2. The Hall–Kier alpha value is -3.43. The van der Waals surface area contributed by atoms with E-state index in [0.717, 1.165) is 0 Å². The summed E-state index contributed by atoms with van der Waals surface area (Å²) in [5.41, 5.74) is 2.23. The van der Waals surface area contributed by atoms with Gasteiger partial charge < -0.3 is 23.6 Å². The van der Waals surface area contributed by atoms with Gasteiger partial charge in [-0.2, -0.15) is 8.78 Å². The van der Waals surface area contributed by atoms with Gasteiger partial charge >= 0.3 is 6.61 Å². The lowest BCUT2D eigenvalue weighted by Gasteiger charge is -2.55. The van der Waals surface area contributed by atoms with E-state index in [1.807, 2.05) is 43.5 Å². The van der Waals surface area contributed by atoms with Crippen LogP contribution in [0.2, 0.25) is 18.1 Å². The summed E-state index contributed by atoms with van der Waals surface area (Å²) in [5.74, 6) is -0.330. The molecule has 0 saturated heterocycles. The van der Waals surface area contributed by atoms with Crippen LogP contribution in [0.15, 0.2) is 48.7 Å². The van der Waals surface area contributed by atoms with Crippen LogP contribution in [-0.4, -0.2) is 51.3 Å². The molecule has 3 atom stereocenters. The molecule has 2 aromatic heterocycles. The van der Waals surface area contributed by atoms with Crippen LogP contribution in [-0.2, 0) is 21.3 Å². The van der Waals surface area contributed by atoms with Crippen LogP contribution < -0.4 is 14.8 Å². The second kappa shape index (κ2) is 12.8. The summed E-state index contributed by atoms with van der Waals surface area (Å²) in [6.07, 6.45) is 3.07. The van der Waals surface area contributed by atoms with E-state index in [9.17, 15) is 18.1 Å². The molecule has 53 heavy (non-hydrogen) atoms. The van der Waals surface area contributed by atoms with Gasteiger partial charge in [-0.05, 0) is 99.5 Å². The first-order valence-corrected chi connectivity index (χ1v) is 22.1. The molecule has 284 valence electrons. The summed E-state index contributed by atoms with van der Waals surface area (Å²) in [4.78, 5) is 22.7. The molecule has 2 aliphatic heterocycles. The maximum atomic E-state index is 16.5. The van der Waals surface area contributed by atoms with Crippen molar-refractivity contribution in [3.8, 4) is 16.9 Å². The average Bonchev–Trinajstić information content (AvgIpc) is 3.53. The number of carbonyl (C=O) groups is 1. The topological polar surface area (TPSA) is 113 Å². The number of hydrogen-bond donors (Lipinski definition) is 2. The first-order chi connectivity index (χ1) is 24.6. The van der Waals surface area contributed by atoms with E-state index in [1.54, 1.807) is 12.3 Å². The maximum Gasteiger partial charge on any atom is 0.387 e. The van der Waals surface area contributed by atoms with Crippen LogP contribution in [0.1, 0.15) is 107 Å². The van der Waals surface area contributed by atoms with E-state index >= 15 is 4.39 Å². The second-order valence-electron chi connectivity index (χ2n) is 17.7. The number of aromatic nitrogens is 3. The highest BCUT2D eigenvalue weighted by Crippen LogP contribution is 2.56. The first-order valence-electron chi connectivity index (χ1n) is 18.0. The monoisotopic (exact) mass is 767 g/mol. The molecule has 4 aromatic rings. The summed E-state index contributed by atoms with van der Waals surface area (Å²) in [6.45, 7) is 16.3. The third-order valence-corrected chi connectivity index (χ3v) is 17.6. The molecule has 14 heteroatoms. The Morgan fingerprint density at radius 3 is 2.47 bits per heavy atom. The van der Waals surface area contributed by atoms with Gasteiger partial charge in [0.2, 0.25) is 0 Å². The Balaban J connectivity index is 1.23. The van der Waals surface area contributed by atoms with E-state index in [0.29, 0.717) is 59.4 Å². The second-order valence-corrected chi connectivity index (χ2v) is 24.5. The smallest absolute Gasteiger partial charge is 0.387 e. The lowest BCUT2D eigenvalue weighted by Crippen LogP contribution is -2.63. The van der Waals surface area contributed by atoms with Gasteiger partial charge in [0, 0.05) is 40.9 Å². The zero-order valence-corrected chi connectivity index (χ0v) is 33.5. The minimum atomic E-state index is -3.06.